The van der Waals surface area contributed by atoms with Crippen LogP contribution in [-0.4, -0.2) is 18.5 Å². The monoisotopic (exact) mass is 248 g/mol. The molecule has 0 spiro atoms. The van der Waals surface area contributed by atoms with Crippen LogP contribution in [-0.2, 0) is 4.79 Å². The van der Waals surface area contributed by atoms with Crippen molar-refractivity contribution in [1.82, 2.24) is 5.32 Å². The minimum absolute atomic E-state index is 0. The third-order valence-electron chi connectivity index (χ3n) is 3.31. The molecule has 0 heterocycles. The van der Waals surface area contributed by atoms with E-state index < -0.39 is 0 Å². The predicted molar refractivity (Wildman–Crippen MR) is 69.7 cm³/mol. The van der Waals surface area contributed by atoms with Gasteiger partial charge < -0.3 is 11.1 Å². The van der Waals surface area contributed by atoms with E-state index in [0.29, 0.717) is 24.4 Å². The molecule has 1 rings (SSSR count). The Morgan fingerprint density at radius 2 is 1.94 bits per heavy atom. The molecule has 1 aliphatic rings. The first-order chi connectivity index (χ1) is 7.03. The van der Waals surface area contributed by atoms with E-state index in [1.165, 1.54) is 12.8 Å². The van der Waals surface area contributed by atoms with Gasteiger partial charge >= 0.3 is 0 Å². The first kappa shape index (κ1) is 15.7. The van der Waals surface area contributed by atoms with Crippen LogP contribution in [0.5, 0.6) is 0 Å². The number of halogens is 1. The normalized spacial score (nSPS) is 19.9. The molecule has 0 aliphatic heterocycles. The van der Waals surface area contributed by atoms with Crippen molar-refractivity contribution in [2.75, 3.05) is 6.54 Å². The van der Waals surface area contributed by atoms with Crippen molar-refractivity contribution in [2.45, 2.75) is 58.4 Å². The van der Waals surface area contributed by atoms with Crippen LogP contribution in [0.15, 0.2) is 0 Å². The topological polar surface area (TPSA) is 55.1 Å². The second kappa shape index (κ2) is 7.13. The largest absolute Gasteiger partial charge is 0.353 e. The highest BCUT2D eigenvalue weighted by molar-refractivity contribution is 5.85. The predicted octanol–water partition coefficient (Wildman–Crippen LogP) is 2.23. The van der Waals surface area contributed by atoms with E-state index in [-0.39, 0.29) is 18.3 Å². The van der Waals surface area contributed by atoms with Crippen molar-refractivity contribution in [3.8, 4) is 0 Å². The zero-order valence-electron chi connectivity index (χ0n) is 10.4. The van der Waals surface area contributed by atoms with Gasteiger partial charge in [-0.05, 0) is 44.1 Å². The quantitative estimate of drug-likeness (QED) is 0.802. The lowest BCUT2D eigenvalue weighted by atomic mass is 9.75. The highest BCUT2D eigenvalue weighted by Gasteiger charge is 2.27. The number of hydrogen-bond donors (Lipinski definition) is 2. The number of hydrogen-bond acceptors (Lipinski definition) is 2. The summed E-state index contributed by atoms with van der Waals surface area (Å²) in [6.07, 6.45) is 6.06. The third kappa shape index (κ3) is 5.71. The Kier molecular flexibility index (Phi) is 7.00. The molecule has 1 saturated carbocycles. The van der Waals surface area contributed by atoms with E-state index >= 15 is 0 Å². The van der Waals surface area contributed by atoms with E-state index in [2.05, 4.69) is 19.2 Å². The lowest BCUT2D eigenvalue weighted by Gasteiger charge is -2.34. The Morgan fingerprint density at radius 1 is 1.38 bits per heavy atom. The van der Waals surface area contributed by atoms with Crippen molar-refractivity contribution in [3.05, 3.63) is 0 Å². The summed E-state index contributed by atoms with van der Waals surface area (Å²) in [6.45, 7) is 5.21. The first-order valence-corrected chi connectivity index (χ1v) is 6.03. The molecule has 1 fully saturated rings. The van der Waals surface area contributed by atoms with Crippen LogP contribution in [0.3, 0.4) is 0 Å². The van der Waals surface area contributed by atoms with Gasteiger partial charge in [0.25, 0.3) is 0 Å². The van der Waals surface area contributed by atoms with Gasteiger partial charge in [-0.1, -0.05) is 13.8 Å². The van der Waals surface area contributed by atoms with E-state index in [1.807, 2.05) is 0 Å². The average Bonchev–Trinajstić information content (AvgIpc) is 2.18. The fourth-order valence-electron chi connectivity index (χ4n) is 2.11. The summed E-state index contributed by atoms with van der Waals surface area (Å²) in [5.74, 6) is 0.171. The summed E-state index contributed by atoms with van der Waals surface area (Å²) in [7, 11) is 0. The summed E-state index contributed by atoms with van der Waals surface area (Å²) in [6, 6.07) is 0.406. The maximum Gasteiger partial charge on any atom is 0.220 e. The SMILES string of the molecule is CC1(C)CCC(NC(=O)CCCN)CC1.Cl. The van der Waals surface area contributed by atoms with Gasteiger partial charge in [0.1, 0.15) is 0 Å². The number of carbonyl (C=O) groups excluding carboxylic acids is 1. The lowest BCUT2D eigenvalue weighted by Crippen LogP contribution is -2.39. The molecule has 0 aromatic carbocycles. The number of amides is 1. The molecule has 3 nitrogen and oxygen atoms in total. The van der Waals surface area contributed by atoms with Crippen molar-refractivity contribution in [2.24, 2.45) is 11.1 Å². The zero-order chi connectivity index (χ0) is 11.3. The molecule has 0 saturated heterocycles. The van der Waals surface area contributed by atoms with Crippen molar-refractivity contribution < 1.29 is 4.79 Å². The van der Waals surface area contributed by atoms with Crippen LogP contribution in [0.2, 0.25) is 0 Å². The van der Waals surface area contributed by atoms with Crippen molar-refractivity contribution in [3.63, 3.8) is 0 Å². The van der Waals surface area contributed by atoms with Gasteiger partial charge in [-0.15, -0.1) is 12.4 Å². The molecule has 1 amide bonds. The van der Waals surface area contributed by atoms with E-state index in [1.54, 1.807) is 0 Å². The van der Waals surface area contributed by atoms with Gasteiger partial charge in [-0.25, -0.2) is 0 Å². The Bertz CT molecular complexity index is 209. The Labute approximate surface area is 105 Å². The average molecular weight is 249 g/mol. The van der Waals surface area contributed by atoms with Gasteiger partial charge in [0.15, 0.2) is 0 Å². The van der Waals surface area contributed by atoms with Crippen LogP contribution in [0.1, 0.15) is 52.4 Å². The maximum absolute atomic E-state index is 11.5. The van der Waals surface area contributed by atoms with Gasteiger partial charge in [0.2, 0.25) is 5.91 Å². The molecule has 96 valence electrons. The minimum Gasteiger partial charge on any atom is -0.353 e. The Morgan fingerprint density at radius 3 is 2.44 bits per heavy atom. The number of carbonyl (C=O) groups is 1. The van der Waals surface area contributed by atoms with E-state index in [9.17, 15) is 4.79 Å². The number of nitrogens with two attached hydrogens (primary N) is 1. The first-order valence-electron chi connectivity index (χ1n) is 6.03. The summed E-state index contributed by atoms with van der Waals surface area (Å²) in [4.78, 5) is 11.5. The van der Waals surface area contributed by atoms with Gasteiger partial charge in [-0.2, -0.15) is 0 Å². The molecule has 0 aromatic rings. The van der Waals surface area contributed by atoms with Crippen LogP contribution >= 0.6 is 12.4 Å². The van der Waals surface area contributed by atoms with Gasteiger partial charge in [0.05, 0.1) is 0 Å². The summed E-state index contributed by atoms with van der Waals surface area (Å²) < 4.78 is 0. The molecule has 4 heteroatoms. The molecule has 0 aromatic heterocycles. The molecule has 0 unspecified atom stereocenters. The summed E-state index contributed by atoms with van der Waals surface area (Å²) >= 11 is 0. The highest BCUT2D eigenvalue weighted by Crippen LogP contribution is 2.34. The van der Waals surface area contributed by atoms with Crippen molar-refractivity contribution >= 4 is 18.3 Å². The minimum atomic E-state index is 0. The number of nitrogens with one attached hydrogen (secondary N) is 1. The van der Waals surface area contributed by atoms with Crippen LogP contribution in [0, 0.1) is 5.41 Å². The van der Waals surface area contributed by atoms with Crippen LogP contribution in [0.25, 0.3) is 0 Å². The molecular weight excluding hydrogens is 224 g/mol. The highest BCUT2D eigenvalue weighted by atomic mass is 35.5. The smallest absolute Gasteiger partial charge is 0.220 e. The maximum atomic E-state index is 11.5. The molecule has 3 N–H and O–H groups in total. The summed E-state index contributed by atoms with van der Waals surface area (Å²) in [5, 5.41) is 3.10. The van der Waals surface area contributed by atoms with Crippen molar-refractivity contribution in [1.29, 1.82) is 0 Å². The fourth-order valence-corrected chi connectivity index (χ4v) is 2.11. The standard InChI is InChI=1S/C12H24N2O.ClH/c1-12(2)7-5-10(6-8-12)14-11(15)4-3-9-13;/h10H,3-9,13H2,1-2H3,(H,14,15);1H. The van der Waals surface area contributed by atoms with E-state index in [0.717, 1.165) is 19.3 Å². The Hall–Kier alpha value is -0.280. The lowest BCUT2D eigenvalue weighted by molar-refractivity contribution is -0.122. The van der Waals surface area contributed by atoms with Gasteiger partial charge in [0, 0.05) is 12.5 Å². The fraction of sp³-hybridized carbons (Fsp3) is 0.917. The molecule has 1 aliphatic carbocycles. The molecule has 0 bridgehead atoms. The molecule has 16 heavy (non-hydrogen) atoms. The number of rotatable bonds is 4. The second-order valence-corrected chi connectivity index (χ2v) is 5.40. The second-order valence-electron chi connectivity index (χ2n) is 5.40. The molecule has 0 radical (unpaired) electrons. The molecular formula is C12H25ClN2O. The Balaban J connectivity index is 0.00000225. The third-order valence-corrected chi connectivity index (χ3v) is 3.31. The van der Waals surface area contributed by atoms with Crippen LogP contribution in [0.4, 0.5) is 0 Å². The molecule has 0 atom stereocenters. The van der Waals surface area contributed by atoms with Gasteiger partial charge in [-0.3, -0.25) is 4.79 Å². The van der Waals surface area contributed by atoms with E-state index in [4.69, 9.17) is 5.73 Å². The zero-order valence-corrected chi connectivity index (χ0v) is 11.2. The van der Waals surface area contributed by atoms with Crippen LogP contribution < -0.4 is 11.1 Å². The summed E-state index contributed by atoms with van der Waals surface area (Å²) in [5.41, 5.74) is 5.84.